The summed E-state index contributed by atoms with van der Waals surface area (Å²) in [5.41, 5.74) is 1.21. The SMILES string of the molecule is C=C(C)C(=C)OCCOCCOCC(C)C.C=C(C)C(=O)OCCCC(=O)OCC(C)C.C=CC(=C)OCCOCCOCC(C)C.C=CC(=O)OCCCC(=O)OCC(C)C. The lowest BCUT2D eigenvalue weighted by Crippen LogP contribution is -2.12. The number of hydrogen-bond donors (Lipinski definition) is 0. The van der Waals surface area contributed by atoms with Crippen molar-refractivity contribution in [3.8, 4) is 0 Å². The van der Waals surface area contributed by atoms with E-state index in [0.29, 0.717) is 120 Å². The van der Waals surface area contributed by atoms with Crippen molar-refractivity contribution < 1.29 is 66.5 Å². The summed E-state index contributed by atoms with van der Waals surface area (Å²) in [6.45, 7) is 48.6. The summed E-state index contributed by atoms with van der Waals surface area (Å²) in [6, 6.07) is 0. The molecule has 0 saturated carbocycles. The maximum atomic E-state index is 11.1. The summed E-state index contributed by atoms with van der Waals surface area (Å²) < 4.78 is 51.2. The second-order valence-corrected chi connectivity index (χ2v) is 15.4. The zero-order chi connectivity index (χ0) is 48.1. The molecule has 0 amide bonds. The molecule has 0 aromatic rings. The van der Waals surface area contributed by atoms with Crippen LogP contribution < -0.4 is 0 Å². The van der Waals surface area contributed by atoms with E-state index in [1.807, 2.05) is 34.6 Å². The highest BCUT2D eigenvalue weighted by Gasteiger charge is 2.07. The molecule has 0 bridgehead atoms. The third-order valence-corrected chi connectivity index (χ3v) is 6.57. The second kappa shape index (κ2) is 46.3. The van der Waals surface area contributed by atoms with Crippen LogP contribution in [0.1, 0.15) is 94.9 Å². The van der Waals surface area contributed by atoms with Crippen molar-refractivity contribution in [3.63, 3.8) is 0 Å². The highest BCUT2D eigenvalue weighted by Crippen LogP contribution is 2.05. The average molecular weight is 885 g/mol. The van der Waals surface area contributed by atoms with Gasteiger partial charge >= 0.3 is 23.9 Å². The van der Waals surface area contributed by atoms with Gasteiger partial charge in [-0.15, -0.1) is 0 Å². The van der Waals surface area contributed by atoms with Crippen molar-refractivity contribution in [1.82, 2.24) is 0 Å². The van der Waals surface area contributed by atoms with Gasteiger partial charge in [-0.1, -0.05) is 94.9 Å². The Morgan fingerprint density at radius 2 is 0.823 bits per heavy atom. The van der Waals surface area contributed by atoms with Crippen molar-refractivity contribution in [1.29, 1.82) is 0 Å². The van der Waals surface area contributed by atoms with Crippen molar-refractivity contribution in [2.75, 3.05) is 92.5 Å². The minimum Gasteiger partial charge on any atom is -0.492 e. The van der Waals surface area contributed by atoms with E-state index >= 15 is 0 Å². The highest BCUT2D eigenvalue weighted by molar-refractivity contribution is 5.86. The Morgan fingerprint density at radius 3 is 1.19 bits per heavy atom. The van der Waals surface area contributed by atoms with Crippen molar-refractivity contribution in [3.05, 3.63) is 74.3 Å². The standard InChI is InChI=1S/C13H24O3.C12H20O4.C12H22O3.C11H18O4/c1-11(2)10-15-7-6-14-8-9-16-13(5)12(3)4;1-9(2)8-16-11(13)6-5-7-15-12(14)10(3)4;1-5-12(4)15-9-8-13-6-7-14-10-11(2)3;1-4-10(12)14-7-5-6-11(13)15-8-9(2)3/h11H,3,5-10H2,1-2,4H3;9H,3,5-8H2,1-2,4H3;5,11H,1,4,6-10H2,2-3H3;4,9H,1,5-8H2,2-3H3. The molecule has 0 fully saturated rings. The summed E-state index contributed by atoms with van der Waals surface area (Å²) in [4.78, 5) is 43.8. The lowest BCUT2D eigenvalue weighted by molar-refractivity contribution is -0.146. The van der Waals surface area contributed by atoms with E-state index in [9.17, 15) is 19.2 Å². The highest BCUT2D eigenvalue weighted by atomic mass is 16.6. The second-order valence-electron chi connectivity index (χ2n) is 15.4. The van der Waals surface area contributed by atoms with E-state index < -0.39 is 11.9 Å². The number of carbonyl (C=O) groups excluding carboxylic acids is 4. The smallest absolute Gasteiger partial charge is 0.333 e. The van der Waals surface area contributed by atoms with E-state index in [0.717, 1.165) is 24.9 Å². The van der Waals surface area contributed by atoms with E-state index in [1.54, 1.807) is 13.0 Å². The van der Waals surface area contributed by atoms with Gasteiger partial charge in [-0.2, -0.15) is 0 Å². The molecule has 0 aliphatic carbocycles. The lowest BCUT2D eigenvalue weighted by Gasteiger charge is -2.10. The Bertz CT molecular complexity index is 1240. The van der Waals surface area contributed by atoms with E-state index in [-0.39, 0.29) is 38.0 Å². The Hall–Kier alpha value is -4.24. The molecule has 0 radical (unpaired) electrons. The van der Waals surface area contributed by atoms with Gasteiger partial charge in [-0.25, -0.2) is 9.59 Å². The van der Waals surface area contributed by atoms with Gasteiger partial charge in [0.1, 0.15) is 24.7 Å². The zero-order valence-electron chi connectivity index (χ0n) is 40.2. The molecule has 14 heteroatoms. The molecule has 0 heterocycles. The Kier molecular flexibility index (Phi) is 48.0. The fraction of sp³-hybridized carbons (Fsp3) is 0.667. The first-order valence-electron chi connectivity index (χ1n) is 21.3. The van der Waals surface area contributed by atoms with Crippen LogP contribution >= 0.6 is 0 Å². The first-order valence-corrected chi connectivity index (χ1v) is 21.3. The third kappa shape index (κ3) is 57.9. The van der Waals surface area contributed by atoms with Crippen LogP contribution in [-0.2, 0) is 66.5 Å². The fourth-order valence-electron chi connectivity index (χ4n) is 3.33. The first kappa shape index (κ1) is 64.4. The van der Waals surface area contributed by atoms with Crippen LogP contribution in [0.3, 0.4) is 0 Å². The van der Waals surface area contributed by atoms with Gasteiger partial charge in [0.25, 0.3) is 0 Å². The monoisotopic (exact) mass is 885 g/mol. The molecule has 0 saturated heterocycles. The number of rotatable bonds is 34. The van der Waals surface area contributed by atoms with Crippen LogP contribution in [0.5, 0.6) is 0 Å². The normalized spacial score (nSPS) is 10.2. The summed E-state index contributed by atoms with van der Waals surface area (Å²) in [5.74, 6) is 1.64. The predicted molar refractivity (Wildman–Crippen MR) is 245 cm³/mol. The molecule has 14 nitrogen and oxygen atoms in total. The summed E-state index contributed by atoms with van der Waals surface area (Å²) in [5, 5.41) is 0. The molecule has 0 rings (SSSR count). The number of carbonyl (C=O) groups is 4. The number of ether oxygens (including phenoxy) is 10. The van der Waals surface area contributed by atoms with E-state index in [4.69, 9.17) is 47.4 Å². The maximum absolute atomic E-state index is 11.1. The average Bonchev–Trinajstić information content (AvgIpc) is 3.21. The molecule has 360 valence electrons. The van der Waals surface area contributed by atoms with Gasteiger partial charge in [-0.05, 0) is 62.0 Å². The van der Waals surface area contributed by atoms with Gasteiger partial charge in [-0.3, -0.25) is 9.59 Å². The van der Waals surface area contributed by atoms with Gasteiger partial charge < -0.3 is 47.4 Å². The zero-order valence-corrected chi connectivity index (χ0v) is 40.2. The van der Waals surface area contributed by atoms with Gasteiger partial charge in [0.15, 0.2) is 0 Å². The van der Waals surface area contributed by atoms with Gasteiger partial charge in [0, 0.05) is 37.7 Å². The van der Waals surface area contributed by atoms with E-state index in [2.05, 4.69) is 67.2 Å². The molecule has 0 aromatic carbocycles. The van der Waals surface area contributed by atoms with Crippen LogP contribution in [0, 0.1) is 23.7 Å². The molecule has 0 atom stereocenters. The largest absolute Gasteiger partial charge is 0.492 e. The van der Waals surface area contributed by atoms with Crippen molar-refractivity contribution in [2.45, 2.75) is 94.9 Å². The third-order valence-electron chi connectivity index (χ3n) is 6.57. The fourth-order valence-corrected chi connectivity index (χ4v) is 3.33. The summed E-state index contributed by atoms with van der Waals surface area (Å²) >= 11 is 0. The molecule has 0 aromatic heterocycles. The molecular formula is C48H84O14. The lowest BCUT2D eigenvalue weighted by atomic mass is 10.2. The molecule has 62 heavy (non-hydrogen) atoms. The van der Waals surface area contributed by atoms with E-state index in [1.165, 1.54) is 0 Å². The summed E-state index contributed by atoms with van der Waals surface area (Å²) in [6.07, 6.45) is 4.18. The van der Waals surface area contributed by atoms with Crippen LogP contribution in [0.25, 0.3) is 0 Å². The Morgan fingerprint density at radius 1 is 0.435 bits per heavy atom. The topological polar surface area (TPSA) is 161 Å². The van der Waals surface area contributed by atoms with Crippen LogP contribution in [0.15, 0.2) is 74.3 Å². The molecular weight excluding hydrogens is 801 g/mol. The summed E-state index contributed by atoms with van der Waals surface area (Å²) in [7, 11) is 0. The van der Waals surface area contributed by atoms with Crippen molar-refractivity contribution in [2.24, 2.45) is 23.7 Å². The molecule has 0 unspecified atom stereocenters. The predicted octanol–water partition coefficient (Wildman–Crippen LogP) is 8.95. The molecule has 0 spiro atoms. The maximum Gasteiger partial charge on any atom is 0.333 e. The molecule has 0 aliphatic rings. The Labute approximate surface area is 375 Å². The van der Waals surface area contributed by atoms with Crippen LogP contribution in [0.2, 0.25) is 0 Å². The number of hydrogen-bond acceptors (Lipinski definition) is 14. The minimum atomic E-state index is -0.467. The first-order chi connectivity index (χ1) is 29.2. The van der Waals surface area contributed by atoms with Crippen LogP contribution in [-0.4, -0.2) is 116 Å². The minimum absolute atomic E-state index is 0.224. The van der Waals surface area contributed by atoms with Crippen LogP contribution in [0.4, 0.5) is 0 Å². The Balaban J connectivity index is -0.000000362. The van der Waals surface area contributed by atoms with Gasteiger partial charge in [0.05, 0.1) is 66.1 Å². The number of allylic oxidation sites excluding steroid dienone is 2. The molecule has 0 aliphatic heterocycles. The molecule has 0 N–H and O–H groups in total. The van der Waals surface area contributed by atoms with Gasteiger partial charge in [0.2, 0.25) is 0 Å². The quantitative estimate of drug-likeness (QED) is 0.0150. The van der Waals surface area contributed by atoms with Crippen molar-refractivity contribution >= 4 is 23.9 Å². The number of esters is 4.